The molecule has 0 heterocycles. The van der Waals surface area contributed by atoms with E-state index in [-0.39, 0.29) is 5.41 Å². The second-order valence-corrected chi connectivity index (χ2v) is 11.3. The molecule has 0 aliphatic rings. The molecular weight excluding hydrogens is 432 g/mol. The van der Waals surface area contributed by atoms with E-state index in [1.54, 1.807) is 41.5 Å². The minimum Gasteiger partial charge on any atom is -0.428 e. The molecule has 0 radical (unpaired) electrons. The summed E-state index contributed by atoms with van der Waals surface area (Å²) < 4.78 is 22.5. The number of rotatable bonds is 2. The molecular formula is C28H34O6. The molecule has 182 valence electrons. The molecule has 0 bridgehead atoms. The van der Waals surface area contributed by atoms with Gasteiger partial charge in [0.15, 0.2) is 5.75 Å². The molecule has 0 spiro atoms. The van der Waals surface area contributed by atoms with E-state index < -0.39 is 23.5 Å². The van der Waals surface area contributed by atoms with Crippen molar-refractivity contribution in [2.24, 2.45) is 0 Å². The van der Waals surface area contributed by atoms with E-state index in [1.807, 2.05) is 42.5 Å². The van der Waals surface area contributed by atoms with Crippen LogP contribution in [0.5, 0.6) is 11.5 Å². The van der Waals surface area contributed by atoms with Gasteiger partial charge in [-0.1, -0.05) is 63.2 Å². The lowest BCUT2D eigenvalue weighted by molar-refractivity contribution is 0.0194. The van der Waals surface area contributed by atoms with Crippen LogP contribution in [0, 0.1) is 0 Å². The van der Waals surface area contributed by atoms with E-state index in [1.165, 1.54) is 0 Å². The van der Waals surface area contributed by atoms with Gasteiger partial charge in [0.25, 0.3) is 0 Å². The van der Waals surface area contributed by atoms with Gasteiger partial charge in [-0.3, -0.25) is 0 Å². The molecule has 6 heteroatoms. The zero-order valence-corrected chi connectivity index (χ0v) is 21.5. The Morgan fingerprint density at radius 1 is 0.588 bits per heavy atom. The molecule has 0 atom stereocenters. The van der Waals surface area contributed by atoms with Crippen molar-refractivity contribution in [3.63, 3.8) is 0 Å². The molecule has 0 fully saturated rings. The fraction of sp³-hybridized carbons (Fsp3) is 0.429. The van der Waals surface area contributed by atoms with Gasteiger partial charge in [-0.2, -0.15) is 0 Å². The van der Waals surface area contributed by atoms with Gasteiger partial charge in [0.1, 0.15) is 17.0 Å². The van der Waals surface area contributed by atoms with Crippen molar-refractivity contribution >= 4 is 33.9 Å². The summed E-state index contributed by atoms with van der Waals surface area (Å²) in [4.78, 5) is 25.4. The third-order valence-corrected chi connectivity index (χ3v) is 4.91. The highest BCUT2D eigenvalue weighted by atomic mass is 16.7. The quantitative estimate of drug-likeness (QED) is 0.217. The molecule has 3 aromatic rings. The van der Waals surface area contributed by atoms with Crippen molar-refractivity contribution < 1.29 is 28.5 Å². The number of hydrogen-bond acceptors (Lipinski definition) is 6. The fourth-order valence-corrected chi connectivity index (χ4v) is 3.69. The smallest absolute Gasteiger partial charge is 0.428 e. The molecule has 3 aromatic carbocycles. The number of hydrogen-bond donors (Lipinski definition) is 0. The van der Waals surface area contributed by atoms with Crippen molar-refractivity contribution in [2.45, 2.75) is 78.9 Å². The van der Waals surface area contributed by atoms with Gasteiger partial charge in [-0.05, 0) is 52.5 Å². The van der Waals surface area contributed by atoms with Crippen LogP contribution in [-0.2, 0) is 14.9 Å². The Kier molecular flexibility index (Phi) is 6.57. The predicted octanol–water partition coefficient (Wildman–Crippen LogP) is 7.92. The van der Waals surface area contributed by atoms with Gasteiger partial charge in [-0.15, -0.1) is 0 Å². The van der Waals surface area contributed by atoms with Crippen molar-refractivity contribution in [1.82, 2.24) is 0 Å². The standard InChI is InChI=1S/C28H34O6/c1-26(2,3)20-16-12-15-19-21(20)23(32-25(30)34-28(7,8)9)18-14-11-10-13-17(18)22(19)31-24(29)33-27(4,5)6/h10-16H,1-9H3. The van der Waals surface area contributed by atoms with Crippen LogP contribution >= 0.6 is 0 Å². The lowest BCUT2D eigenvalue weighted by atomic mass is 9.82. The van der Waals surface area contributed by atoms with Crippen molar-refractivity contribution in [1.29, 1.82) is 0 Å². The summed E-state index contributed by atoms with van der Waals surface area (Å²) in [5.41, 5.74) is -0.783. The number of carbonyl (C=O) groups excluding carboxylic acids is 2. The SMILES string of the molecule is CC(C)(C)OC(=O)Oc1c2ccccc2c(OC(=O)OC(C)(C)C)c2c(C(C)(C)C)cccc12. The molecule has 0 N–H and O–H groups in total. The molecule has 0 aromatic heterocycles. The highest BCUT2D eigenvalue weighted by Gasteiger charge is 2.28. The van der Waals surface area contributed by atoms with Gasteiger partial charge in [0.2, 0.25) is 0 Å². The zero-order valence-electron chi connectivity index (χ0n) is 21.5. The Bertz CT molecular complexity index is 1240. The summed E-state index contributed by atoms with van der Waals surface area (Å²) in [6, 6.07) is 13.1. The first-order valence-electron chi connectivity index (χ1n) is 11.4. The molecule has 0 aliphatic heterocycles. The Morgan fingerprint density at radius 3 is 1.50 bits per heavy atom. The van der Waals surface area contributed by atoms with Gasteiger partial charge < -0.3 is 18.9 Å². The van der Waals surface area contributed by atoms with Gasteiger partial charge >= 0.3 is 12.3 Å². The number of benzene rings is 3. The first kappa shape index (κ1) is 25.3. The maximum atomic E-state index is 12.7. The van der Waals surface area contributed by atoms with Gasteiger partial charge in [0.05, 0.1) is 0 Å². The van der Waals surface area contributed by atoms with E-state index in [2.05, 4.69) is 20.8 Å². The lowest BCUT2D eigenvalue weighted by Gasteiger charge is -2.26. The lowest BCUT2D eigenvalue weighted by Crippen LogP contribution is -2.26. The first-order chi connectivity index (χ1) is 15.6. The monoisotopic (exact) mass is 466 g/mol. The fourth-order valence-electron chi connectivity index (χ4n) is 3.69. The maximum Gasteiger partial charge on any atom is 0.514 e. The summed E-state index contributed by atoms with van der Waals surface area (Å²) in [6.45, 7) is 16.9. The largest absolute Gasteiger partial charge is 0.514 e. The Hall–Kier alpha value is -3.28. The number of fused-ring (bicyclic) bond motifs is 2. The normalized spacial score (nSPS) is 12.5. The maximum absolute atomic E-state index is 12.7. The van der Waals surface area contributed by atoms with Gasteiger partial charge in [-0.25, -0.2) is 9.59 Å². The molecule has 34 heavy (non-hydrogen) atoms. The minimum absolute atomic E-state index is 0.294. The average molecular weight is 467 g/mol. The minimum atomic E-state index is -0.805. The van der Waals surface area contributed by atoms with Crippen LogP contribution < -0.4 is 9.47 Å². The Morgan fingerprint density at radius 2 is 1.03 bits per heavy atom. The third kappa shape index (κ3) is 5.79. The van der Waals surface area contributed by atoms with Crippen LogP contribution in [0.4, 0.5) is 9.59 Å². The number of ether oxygens (including phenoxy) is 4. The molecule has 0 saturated carbocycles. The van der Waals surface area contributed by atoms with Crippen LogP contribution in [0.25, 0.3) is 21.5 Å². The van der Waals surface area contributed by atoms with Crippen LogP contribution in [0.15, 0.2) is 42.5 Å². The molecule has 0 unspecified atom stereocenters. The van der Waals surface area contributed by atoms with E-state index in [9.17, 15) is 9.59 Å². The zero-order chi connectivity index (χ0) is 25.5. The first-order valence-corrected chi connectivity index (χ1v) is 11.4. The average Bonchev–Trinajstić information content (AvgIpc) is 2.66. The molecule has 0 amide bonds. The van der Waals surface area contributed by atoms with Crippen molar-refractivity contribution in [2.75, 3.05) is 0 Å². The van der Waals surface area contributed by atoms with Crippen molar-refractivity contribution in [3.8, 4) is 11.5 Å². The van der Waals surface area contributed by atoms with E-state index >= 15 is 0 Å². The Labute approximate surface area is 201 Å². The molecule has 6 nitrogen and oxygen atoms in total. The second kappa shape index (κ2) is 8.82. The predicted molar refractivity (Wildman–Crippen MR) is 134 cm³/mol. The molecule has 0 saturated heterocycles. The van der Waals surface area contributed by atoms with E-state index in [0.29, 0.717) is 33.0 Å². The van der Waals surface area contributed by atoms with Crippen LogP contribution in [0.2, 0.25) is 0 Å². The topological polar surface area (TPSA) is 71.1 Å². The van der Waals surface area contributed by atoms with Crippen LogP contribution in [0.1, 0.15) is 67.9 Å². The van der Waals surface area contributed by atoms with Crippen LogP contribution in [-0.4, -0.2) is 23.5 Å². The summed E-state index contributed by atoms with van der Waals surface area (Å²) >= 11 is 0. The van der Waals surface area contributed by atoms with E-state index in [4.69, 9.17) is 18.9 Å². The van der Waals surface area contributed by atoms with E-state index in [0.717, 1.165) is 5.56 Å². The highest BCUT2D eigenvalue weighted by molar-refractivity contribution is 6.13. The van der Waals surface area contributed by atoms with Gasteiger partial charge in [0, 0.05) is 21.5 Å². The summed E-state index contributed by atoms with van der Waals surface area (Å²) in [5.74, 6) is 0.712. The van der Waals surface area contributed by atoms with Crippen LogP contribution in [0.3, 0.4) is 0 Å². The summed E-state index contributed by atoms with van der Waals surface area (Å²) in [7, 11) is 0. The Balaban J connectivity index is 2.34. The third-order valence-electron chi connectivity index (χ3n) is 4.91. The number of carbonyl (C=O) groups is 2. The highest BCUT2D eigenvalue weighted by Crippen LogP contribution is 2.46. The summed E-state index contributed by atoms with van der Waals surface area (Å²) in [6.07, 6.45) is -1.61. The van der Waals surface area contributed by atoms with Crippen molar-refractivity contribution in [3.05, 3.63) is 48.0 Å². The molecule has 0 aliphatic carbocycles. The molecule has 3 rings (SSSR count). The second-order valence-electron chi connectivity index (χ2n) is 11.3. The summed E-state index contributed by atoms with van der Waals surface area (Å²) in [5, 5.41) is 2.55.